The van der Waals surface area contributed by atoms with Crippen molar-refractivity contribution in [1.29, 1.82) is 0 Å². The molecule has 4 heteroatoms. The Balaban J connectivity index is 1.26. The maximum absolute atomic E-state index is 2.86. The zero-order chi connectivity index (χ0) is 45.9. The van der Waals surface area contributed by atoms with Crippen molar-refractivity contribution in [3.63, 3.8) is 0 Å². The zero-order valence-electron chi connectivity index (χ0n) is 41.2. The van der Waals surface area contributed by atoms with Crippen LogP contribution in [0.2, 0.25) is 0 Å². The topological polar surface area (TPSA) is 8.17 Å². The zero-order valence-corrected chi connectivity index (χ0v) is 42.0. The van der Waals surface area contributed by atoms with Crippen LogP contribution in [0.1, 0.15) is 135 Å². The Labute approximate surface area is 395 Å². The van der Waals surface area contributed by atoms with E-state index in [0.29, 0.717) is 0 Å². The molecule has 2 aromatic heterocycles. The highest BCUT2D eigenvalue weighted by molar-refractivity contribution is 7.26. The Hall–Kier alpha value is -5.58. The SMILES string of the molecule is Cc1cc2c(cc1N1B3c4c(cc5c(sc6ccccc65)c4-n4c5ccc(C(C)(C)C)cc5c5cc(C(C)(C)C)cc3c54)-c3cc4c(cc31)C(C)(C)c1ccccc1-4)C(C)(C)CCC2(C)C. The van der Waals surface area contributed by atoms with Crippen molar-refractivity contribution in [3.05, 3.63) is 148 Å². The third-order valence-corrected chi connectivity index (χ3v) is 18.2. The van der Waals surface area contributed by atoms with Gasteiger partial charge in [-0.15, -0.1) is 11.3 Å². The van der Waals surface area contributed by atoms with Gasteiger partial charge in [0, 0.05) is 48.6 Å². The molecule has 0 bridgehead atoms. The van der Waals surface area contributed by atoms with Gasteiger partial charge in [-0.1, -0.05) is 144 Å². The molecule has 0 saturated carbocycles. The van der Waals surface area contributed by atoms with E-state index in [9.17, 15) is 0 Å². The molecule has 0 amide bonds. The summed E-state index contributed by atoms with van der Waals surface area (Å²) < 4.78 is 5.45. The smallest absolute Gasteiger partial charge is 0.333 e. The maximum atomic E-state index is 2.86. The van der Waals surface area contributed by atoms with Crippen molar-refractivity contribution in [2.24, 2.45) is 0 Å². The normalized spacial score (nSPS) is 17.3. The highest BCUT2D eigenvalue weighted by Crippen LogP contribution is 2.57. The molecular weight excluding hydrogens is 816 g/mol. The van der Waals surface area contributed by atoms with E-state index in [0.717, 1.165) is 0 Å². The maximum Gasteiger partial charge on any atom is 0.333 e. The van der Waals surface area contributed by atoms with Crippen LogP contribution in [0.3, 0.4) is 0 Å². The number of hydrogen-bond donors (Lipinski definition) is 0. The Morgan fingerprint density at radius 3 is 1.95 bits per heavy atom. The Morgan fingerprint density at radius 2 is 1.21 bits per heavy atom. The summed E-state index contributed by atoms with van der Waals surface area (Å²) in [5.41, 5.74) is 24.9. The number of aromatic nitrogens is 1. The van der Waals surface area contributed by atoms with Gasteiger partial charge in [0.25, 0.3) is 0 Å². The summed E-state index contributed by atoms with van der Waals surface area (Å²) in [7, 11) is 0. The number of rotatable bonds is 1. The molecule has 0 radical (unpaired) electrons. The molecule has 0 atom stereocenters. The predicted octanol–water partition coefficient (Wildman–Crippen LogP) is 15.9. The van der Waals surface area contributed by atoms with Crippen LogP contribution in [0.15, 0.2) is 109 Å². The number of fused-ring (bicyclic) bond motifs is 15. The lowest BCUT2D eigenvalue weighted by molar-refractivity contribution is 0.332. The molecule has 4 aliphatic rings. The van der Waals surface area contributed by atoms with Crippen molar-refractivity contribution < 1.29 is 0 Å². The number of aryl methyl sites for hydroxylation is 1. The van der Waals surface area contributed by atoms with Crippen molar-refractivity contribution in [1.82, 2.24) is 4.57 Å². The minimum absolute atomic E-state index is 0.0140. The van der Waals surface area contributed by atoms with Crippen LogP contribution in [0.4, 0.5) is 11.4 Å². The fourth-order valence-electron chi connectivity index (χ4n) is 13.1. The van der Waals surface area contributed by atoms with Gasteiger partial charge in [-0.3, -0.25) is 0 Å². The van der Waals surface area contributed by atoms with Gasteiger partial charge in [0.15, 0.2) is 0 Å². The van der Waals surface area contributed by atoms with E-state index in [4.69, 9.17) is 0 Å². The van der Waals surface area contributed by atoms with Gasteiger partial charge in [-0.05, 0) is 157 Å². The molecule has 13 rings (SSSR count). The van der Waals surface area contributed by atoms with Crippen molar-refractivity contribution in [2.45, 2.75) is 130 Å². The lowest BCUT2D eigenvalue weighted by Gasteiger charge is -2.46. The second-order valence-corrected chi connectivity index (χ2v) is 25.6. The largest absolute Gasteiger partial charge is 0.376 e. The van der Waals surface area contributed by atoms with Crippen molar-refractivity contribution in [3.8, 4) is 27.9 Å². The average Bonchev–Trinajstić information content (AvgIpc) is 3.88. The third kappa shape index (κ3) is 5.20. The predicted molar refractivity (Wildman–Crippen MR) is 288 cm³/mol. The first-order valence-corrected chi connectivity index (χ1v) is 25.3. The third-order valence-electron chi connectivity index (χ3n) is 17.0. The lowest BCUT2D eigenvalue weighted by Crippen LogP contribution is -2.61. The fourth-order valence-corrected chi connectivity index (χ4v) is 14.3. The number of benzene rings is 7. The van der Waals surface area contributed by atoms with Crippen LogP contribution in [-0.2, 0) is 27.1 Å². The van der Waals surface area contributed by atoms with Crippen molar-refractivity contribution in [2.75, 3.05) is 4.81 Å². The van der Waals surface area contributed by atoms with Gasteiger partial charge in [-0.25, -0.2) is 0 Å². The first-order chi connectivity index (χ1) is 31.1. The van der Waals surface area contributed by atoms with E-state index in [1.165, 1.54) is 144 Å². The fraction of sp³-hybridized carbons (Fsp3) is 0.323. The Kier molecular flexibility index (Phi) is 7.82. The summed E-state index contributed by atoms with van der Waals surface area (Å²) in [6, 6.07) is 44.0. The van der Waals surface area contributed by atoms with E-state index in [1.807, 2.05) is 11.3 Å². The van der Waals surface area contributed by atoms with Gasteiger partial charge in [0.1, 0.15) is 0 Å². The summed E-state index contributed by atoms with van der Waals surface area (Å²) >= 11 is 1.98. The van der Waals surface area contributed by atoms with Gasteiger partial charge >= 0.3 is 6.85 Å². The summed E-state index contributed by atoms with van der Waals surface area (Å²) in [6.45, 7) is 31.4. The molecule has 2 aliphatic heterocycles. The van der Waals surface area contributed by atoms with E-state index in [2.05, 4.69) is 209 Å². The molecule has 2 nitrogen and oxygen atoms in total. The summed E-state index contributed by atoms with van der Waals surface area (Å²) in [5, 5.41) is 5.42. The first kappa shape index (κ1) is 40.7. The molecule has 0 unspecified atom stereocenters. The highest BCUT2D eigenvalue weighted by atomic mass is 32.1. The molecule has 9 aromatic rings. The first-order valence-electron chi connectivity index (χ1n) is 24.5. The molecule has 0 saturated heterocycles. The number of hydrogen-bond acceptors (Lipinski definition) is 2. The second kappa shape index (κ2) is 12.7. The van der Waals surface area contributed by atoms with E-state index >= 15 is 0 Å². The average molecular weight is 877 g/mol. The molecular formula is C62H61BN2S. The van der Waals surface area contributed by atoms with Crippen LogP contribution in [-0.4, -0.2) is 11.4 Å². The molecule has 4 heterocycles. The van der Waals surface area contributed by atoms with E-state index < -0.39 is 0 Å². The quantitative estimate of drug-likeness (QED) is 0.149. The molecule has 66 heavy (non-hydrogen) atoms. The van der Waals surface area contributed by atoms with Crippen LogP contribution < -0.4 is 15.7 Å². The summed E-state index contributed by atoms with van der Waals surface area (Å²) in [4.78, 5) is 2.86. The van der Waals surface area contributed by atoms with Crippen LogP contribution in [0.25, 0.3) is 69.9 Å². The van der Waals surface area contributed by atoms with Gasteiger partial charge in [0.2, 0.25) is 0 Å². The van der Waals surface area contributed by atoms with Gasteiger partial charge in [-0.2, -0.15) is 0 Å². The summed E-state index contributed by atoms with van der Waals surface area (Å²) in [5.74, 6) is 0. The summed E-state index contributed by atoms with van der Waals surface area (Å²) in [6.07, 6.45) is 2.38. The van der Waals surface area contributed by atoms with Crippen LogP contribution in [0, 0.1) is 6.92 Å². The van der Waals surface area contributed by atoms with Crippen molar-refractivity contribution >= 4 is 82.5 Å². The molecule has 2 aliphatic carbocycles. The van der Waals surface area contributed by atoms with Gasteiger partial charge < -0.3 is 9.38 Å². The number of nitrogens with zero attached hydrogens (tertiary/aromatic N) is 2. The minimum Gasteiger partial charge on any atom is -0.376 e. The highest BCUT2D eigenvalue weighted by Gasteiger charge is 2.48. The molecule has 7 aromatic carbocycles. The van der Waals surface area contributed by atoms with Gasteiger partial charge in [0.05, 0.1) is 21.4 Å². The molecule has 0 N–H and O–H groups in total. The Bertz CT molecular complexity index is 3670. The number of thiophene rings is 1. The second-order valence-electron chi connectivity index (χ2n) is 24.5. The molecule has 0 fully saturated rings. The number of anilines is 2. The molecule has 0 spiro atoms. The minimum atomic E-state index is -0.147. The van der Waals surface area contributed by atoms with Crippen LogP contribution in [0.5, 0.6) is 0 Å². The van der Waals surface area contributed by atoms with E-state index in [-0.39, 0.29) is 33.9 Å². The van der Waals surface area contributed by atoms with E-state index in [1.54, 1.807) is 0 Å². The Morgan fingerprint density at radius 1 is 0.545 bits per heavy atom. The van der Waals surface area contributed by atoms with Crippen LogP contribution >= 0.6 is 11.3 Å². The molecule has 328 valence electrons. The lowest BCUT2D eigenvalue weighted by atomic mass is 9.43. The standard InChI is InChI=1S/C62H61BN2S/c1-34-26-47-48(61(10,11)25-24-60(47,8)9)33-51(34)65-52-32-46-39(37-18-14-16-20-45(37)62(46,12)13)30-41(52)42-31-44-38-19-15-17-21-53(38)66-57(44)56-54(42)63(65)49-29-36(59(5,6)7)28-43-40-27-35(58(2,3)4)22-23-50(40)64(56)55(43)49/h14-23,26-33H,24-25H2,1-13H3. The monoisotopic (exact) mass is 876 g/mol.